The first-order valence-corrected chi connectivity index (χ1v) is 19.3. The van der Waals surface area contributed by atoms with Crippen molar-refractivity contribution in [1.29, 1.82) is 0 Å². The summed E-state index contributed by atoms with van der Waals surface area (Å²) in [5.74, 6) is -0.969. The van der Waals surface area contributed by atoms with Gasteiger partial charge < -0.3 is 19.3 Å². The Balaban J connectivity index is 1.80. The second kappa shape index (κ2) is 17.2. The maximum Gasteiger partial charge on any atom is 0.416 e. The molecule has 0 N–H and O–H groups in total. The highest BCUT2D eigenvalue weighted by Crippen LogP contribution is 2.41. The zero-order valence-corrected chi connectivity index (χ0v) is 31.2. The predicted molar refractivity (Wildman–Crippen MR) is 185 cm³/mol. The first-order valence-electron chi connectivity index (χ1n) is 17.3. The number of aromatic nitrogens is 2. The van der Waals surface area contributed by atoms with Crippen LogP contribution in [-0.4, -0.2) is 62.2 Å². The van der Waals surface area contributed by atoms with E-state index in [-0.39, 0.29) is 47.7 Å². The molecule has 1 fully saturated rings. The molecule has 1 aromatic heterocycles. The largest absolute Gasteiger partial charge is 0.489 e. The van der Waals surface area contributed by atoms with E-state index in [0.717, 1.165) is 30.8 Å². The Morgan fingerprint density at radius 2 is 1.44 bits per heavy atom. The van der Waals surface area contributed by atoms with E-state index in [1.54, 1.807) is 6.92 Å². The van der Waals surface area contributed by atoms with Crippen molar-refractivity contribution >= 4 is 27.4 Å². The molecule has 19 heteroatoms. The first kappa shape index (κ1) is 43.4. The Morgan fingerprint density at radius 3 is 1.93 bits per heavy atom. The number of carbonyl (C=O) groups excluding carboxylic acids is 1. The molecule has 1 saturated carbocycles. The van der Waals surface area contributed by atoms with Crippen molar-refractivity contribution in [1.82, 2.24) is 9.97 Å². The molecule has 2 aromatic carbocycles. The Bertz CT molecular complexity index is 1850. The standard InChI is InChI=1S/C36H41F9N4O5S/c1-5-48(20-24-6-9-30(10-7-24)54-23(3)50)32-11-8-27(34(37,38)39)16-26(32)21-49(33-46-18-31(19-47-33)53-12-13-55(4,51)52)22(2)25-14-28(35(40,41)42)17-29(15-25)36(43,44)45/h8,11,14-19,22,24,30H,5-7,9-10,12-13,20-21H2,1-4H3/t22-,24?,30?/m1/s1. The number of benzene rings is 2. The SMILES string of the molecule is CCN(CC1CCC(OC(C)=O)CC1)c1ccc(C(F)(F)F)cc1CN(c1ncc(OCCS(C)(=O)=O)cn1)[C@H](C)c1cc(C(F)(F)F)cc(C(F)(F)F)c1. The van der Waals surface area contributed by atoms with Gasteiger partial charge in [0.05, 0.1) is 40.9 Å². The van der Waals surface area contributed by atoms with Crippen LogP contribution in [0.25, 0.3) is 0 Å². The van der Waals surface area contributed by atoms with Crippen LogP contribution in [0.3, 0.4) is 0 Å². The molecule has 0 unspecified atom stereocenters. The van der Waals surface area contributed by atoms with E-state index in [2.05, 4.69) is 9.97 Å². The van der Waals surface area contributed by atoms with Crippen molar-refractivity contribution in [3.05, 3.63) is 76.6 Å². The Labute approximate surface area is 312 Å². The molecule has 0 saturated heterocycles. The van der Waals surface area contributed by atoms with E-state index in [9.17, 15) is 52.7 Å². The lowest BCUT2D eigenvalue weighted by Crippen LogP contribution is -2.35. The van der Waals surface area contributed by atoms with E-state index >= 15 is 0 Å². The highest BCUT2D eigenvalue weighted by molar-refractivity contribution is 7.90. The van der Waals surface area contributed by atoms with E-state index in [0.29, 0.717) is 56.6 Å². The number of sulfone groups is 1. The van der Waals surface area contributed by atoms with Crippen LogP contribution in [0.1, 0.15) is 80.3 Å². The first-order chi connectivity index (χ1) is 25.4. The van der Waals surface area contributed by atoms with Crippen molar-refractivity contribution < 1.29 is 62.2 Å². The summed E-state index contributed by atoms with van der Waals surface area (Å²) in [7, 11) is -3.40. The molecule has 0 bridgehead atoms. The Morgan fingerprint density at radius 1 is 0.873 bits per heavy atom. The average molecular weight is 813 g/mol. The lowest BCUT2D eigenvalue weighted by Gasteiger charge is -2.36. The average Bonchev–Trinajstić information content (AvgIpc) is 3.08. The molecule has 9 nitrogen and oxygen atoms in total. The second-order valence-electron chi connectivity index (χ2n) is 13.5. The molecule has 0 spiro atoms. The molecule has 304 valence electrons. The summed E-state index contributed by atoms with van der Waals surface area (Å²) in [6.45, 7) is 4.34. The van der Waals surface area contributed by atoms with E-state index in [1.165, 1.54) is 24.8 Å². The lowest BCUT2D eigenvalue weighted by molar-refractivity contribution is -0.148. The fourth-order valence-corrected chi connectivity index (χ4v) is 6.77. The normalized spacial score (nSPS) is 17.4. The van der Waals surface area contributed by atoms with E-state index in [1.807, 2.05) is 4.90 Å². The monoisotopic (exact) mass is 812 g/mol. The lowest BCUT2D eigenvalue weighted by atomic mass is 9.86. The molecule has 1 aliphatic rings. The summed E-state index contributed by atoms with van der Waals surface area (Å²) in [6.07, 6.45) is -9.68. The summed E-state index contributed by atoms with van der Waals surface area (Å²) in [4.78, 5) is 22.8. The van der Waals surface area contributed by atoms with Crippen molar-refractivity contribution in [3.8, 4) is 5.75 Å². The van der Waals surface area contributed by atoms with Crippen LogP contribution < -0.4 is 14.5 Å². The molecular weight excluding hydrogens is 771 g/mol. The van der Waals surface area contributed by atoms with Gasteiger partial charge in [0, 0.05) is 38.5 Å². The number of hydrogen-bond acceptors (Lipinski definition) is 9. The van der Waals surface area contributed by atoms with Crippen LogP contribution in [0.15, 0.2) is 48.8 Å². The topological polar surface area (TPSA) is 102 Å². The van der Waals surface area contributed by atoms with Crippen LogP contribution in [0.2, 0.25) is 0 Å². The molecule has 0 amide bonds. The highest BCUT2D eigenvalue weighted by Gasteiger charge is 2.38. The third-order valence-corrected chi connectivity index (χ3v) is 10.1. The summed E-state index contributed by atoms with van der Waals surface area (Å²) in [5.41, 5.74) is -4.29. The van der Waals surface area contributed by atoms with E-state index < -0.39 is 69.2 Å². The summed E-state index contributed by atoms with van der Waals surface area (Å²) in [5, 5.41) is 0. The third kappa shape index (κ3) is 12.4. The molecule has 0 radical (unpaired) electrons. The molecule has 1 atom stereocenters. The summed E-state index contributed by atoms with van der Waals surface area (Å²) >= 11 is 0. The number of halogens is 9. The zero-order chi connectivity index (χ0) is 40.9. The van der Waals surface area contributed by atoms with E-state index in [4.69, 9.17) is 9.47 Å². The van der Waals surface area contributed by atoms with Gasteiger partial charge >= 0.3 is 24.5 Å². The number of alkyl halides is 9. The number of carbonyl (C=O) groups is 1. The van der Waals surface area contributed by atoms with Gasteiger partial charge in [-0.1, -0.05) is 0 Å². The maximum absolute atomic E-state index is 14.1. The van der Waals surface area contributed by atoms with Gasteiger partial charge in [-0.2, -0.15) is 39.5 Å². The van der Waals surface area contributed by atoms with Gasteiger partial charge in [-0.15, -0.1) is 0 Å². The number of esters is 1. The number of ether oxygens (including phenoxy) is 2. The fraction of sp³-hybridized carbons (Fsp3) is 0.528. The van der Waals surface area contributed by atoms with Gasteiger partial charge in [-0.25, -0.2) is 18.4 Å². The van der Waals surface area contributed by atoms with Crippen LogP contribution >= 0.6 is 0 Å². The van der Waals surface area contributed by atoms with Gasteiger partial charge in [0.25, 0.3) is 0 Å². The van der Waals surface area contributed by atoms with Crippen LogP contribution in [-0.2, 0) is 44.4 Å². The molecule has 1 aliphatic carbocycles. The quantitative estimate of drug-likeness (QED) is 0.117. The summed E-state index contributed by atoms with van der Waals surface area (Å²) in [6, 6.07) is 2.72. The van der Waals surface area contributed by atoms with Gasteiger partial charge in [-0.3, -0.25) is 4.79 Å². The molecule has 1 heterocycles. The smallest absolute Gasteiger partial charge is 0.416 e. The van der Waals surface area contributed by atoms with Gasteiger partial charge in [-0.05, 0) is 93.0 Å². The number of nitrogens with zero attached hydrogens (tertiary/aromatic N) is 4. The van der Waals surface area contributed by atoms with Crippen LogP contribution in [0.4, 0.5) is 51.1 Å². The van der Waals surface area contributed by atoms with Crippen LogP contribution in [0.5, 0.6) is 5.75 Å². The predicted octanol–water partition coefficient (Wildman–Crippen LogP) is 8.67. The molecule has 0 aliphatic heterocycles. The zero-order valence-electron chi connectivity index (χ0n) is 30.4. The molecule has 55 heavy (non-hydrogen) atoms. The third-order valence-electron chi connectivity index (χ3n) is 9.23. The second-order valence-corrected chi connectivity index (χ2v) is 15.7. The minimum Gasteiger partial charge on any atom is -0.489 e. The molecule has 3 aromatic rings. The Kier molecular flexibility index (Phi) is 13.6. The Hall–Kier alpha value is -4.29. The van der Waals surface area contributed by atoms with Crippen LogP contribution in [0, 0.1) is 5.92 Å². The minimum absolute atomic E-state index is 0.0150. The maximum atomic E-state index is 14.1. The van der Waals surface area contributed by atoms with Gasteiger partial charge in [0.15, 0.2) is 15.6 Å². The number of anilines is 2. The van der Waals surface area contributed by atoms with Crippen molar-refractivity contribution in [2.45, 2.75) is 83.7 Å². The van der Waals surface area contributed by atoms with Crippen molar-refractivity contribution in [2.75, 3.05) is 41.5 Å². The molecular formula is C36H41F9N4O5S. The highest BCUT2D eigenvalue weighted by atomic mass is 32.2. The number of rotatable bonds is 14. The van der Waals surface area contributed by atoms with Gasteiger partial charge in [0.1, 0.15) is 12.7 Å². The minimum atomic E-state index is -5.17. The molecule has 4 rings (SSSR count). The number of hydrogen-bond donors (Lipinski definition) is 0. The van der Waals surface area contributed by atoms with Crippen molar-refractivity contribution in [3.63, 3.8) is 0 Å². The fourth-order valence-electron chi connectivity index (χ4n) is 6.38. The van der Waals surface area contributed by atoms with Gasteiger partial charge in [0.2, 0.25) is 5.95 Å². The summed E-state index contributed by atoms with van der Waals surface area (Å²) < 4.78 is 160. The van der Waals surface area contributed by atoms with Crippen molar-refractivity contribution in [2.24, 2.45) is 5.92 Å².